The van der Waals surface area contributed by atoms with Crippen molar-refractivity contribution < 1.29 is 9.53 Å². The molecule has 0 radical (unpaired) electrons. The first-order chi connectivity index (χ1) is 33.2. The lowest BCUT2D eigenvalue weighted by Crippen LogP contribution is -2.27. The van der Waals surface area contributed by atoms with Crippen LogP contribution in [0.5, 0.6) is 0 Å². The van der Waals surface area contributed by atoms with Crippen molar-refractivity contribution in [3.05, 3.63) is 192 Å². The lowest BCUT2D eigenvalue weighted by Gasteiger charge is -2.22. The fraction of sp³-hybridized carbons (Fsp3) is 0.161. The van der Waals surface area contributed by atoms with Crippen LogP contribution in [0.15, 0.2) is 170 Å². The van der Waals surface area contributed by atoms with Crippen LogP contribution in [0.1, 0.15) is 70.7 Å². The van der Waals surface area contributed by atoms with Gasteiger partial charge in [0.05, 0.1) is 22.1 Å². The van der Waals surface area contributed by atoms with Gasteiger partial charge in [-0.3, -0.25) is 4.57 Å². The Morgan fingerprint density at radius 1 is 0.435 bits per heavy atom. The Labute approximate surface area is 400 Å². The molecule has 0 saturated carbocycles. The minimum atomic E-state index is -0.674. The molecule has 0 saturated heterocycles. The first kappa shape index (κ1) is 41.1. The number of hydrogen-bond acceptors (Lipinski definition) is 5. The first-order valence-corrected chi connectivity index (χ1v) is 23.8. The van der Waals surface area contributed by atoms with E-state index in [1.165, 1.54) is 44.5 Å². The maximum Gasteiger partial charge on any atom is 0.419 e. The highest BCUT2D eigenvalue weighted by molar-refractivity contribution is 6.16. The number of ether oxygens (including phenoxy) is 1. The monoisotopic (exact) mass is 895 g/mol. The molecule has 8 aromatic carbocycles. The average molecular weight is 896 g/mol. The quantitative estimate of drug-likeness (QED) is 0.176. The molecule has 69 heavy (non-hydrogen) atoms. The zero-order valence-electron chi connectivity index (χ0n) is 39.7. The van der Waals surface area contributed by atoms with Gasteiger partial charge in [0.15, 0.2) is 11.6 Å². The Morgan fingerprint density at radius 3 is 1.42 bits per heavy atom. The molecule has 0 atom stereocenters. The molecule has 7 heteroatoms. The summed E-state index contributed by atoms with van der Waals surface area (Å²) in [7, 11) is 0. The summed E-state index contributed by atoms with van der Waals surface area (Å²) in [6, 6.07) is 60.2. The average Bonchev–Trinajstić information content (AvgIpc) is 4.00. The highest BCUT2D eigenvalue weighted by atomic mass is 16.6. The Hall–Kier alpha value is -8.16. The van der Waals surface area contributed by atoms with Crippen molar-refractivity contribution in [3.8, 4) is 62.1 Å². The molecule has 11 aromatic rings. The summed E-state index contributed by atoms with van der Waals surface area (Å²) in [5.74, 6) is 1.77. The van der Waals surface area contributed by atoms with Crippen molar-refractivity contribution in [3.63, 3.8) is 0 Å². The summed E-state index contributed by atoms with van der Waals surface area (Å²) in [5.41, 5.74) is 16.5. The number of rotatable bonds is 4. The Bertz CT molecular complexity index is 3920. The molecule has 3 heterocycles. The maximum absolute atomic E-state index is 14.3. The van der Waals surface area contributed by atoms with Crippen molar-refractivity contribution in [1.29, 1.82) is 0 Å². The van der Waals surface area contributed by atoms with E-state index in [1.54, 1.807) is 4.57 Å². The molecule has 0 bridgehead atoms. The molecule has 2 aliphatic carbocycles. The fourth-order valence-corrected chi connectivity index (χ4v) is 11.4. The Morgan fingerprint density at radius 2 is 0.884 bits per heavy atom. The predicted molar refractivity (Wildman–Crippen MR) is 280 cm³/mol. The third-order valence-corrected chi connectivity index (χ3v) is 14.7. The van der Waals surface area contributed by atoms with Crippen LogP contribution in [0.2, 0.25) is 0 Å². The molecular weight excluding hydrogens is 847 g/mol. The van der Waals surface area contributed by atoms with Crippen molar-refractivity contribution in [1.82, 2.24) is 24.1 Å². The molecular formula is C62H49N5O2. The van der Waals surface area contributed by atoms with Gasteiger partial charge in [0.1, 0.15) is 5.60 Å². The molecule has 0 fully saturated rings. The van der Waals surface area contributed by atoms with Crippen LogP contribution < -0.4 is 0 Å². The van der Waals surface area contributed by atoms with Crippen molar-refractivity contribution in [2.45, 2.75) is 64.9 Å². The standard InChI is InChI=1S/C62H49N5O2/c1-60(2,3)69-59(68)67-53-29-27-39(31-45(53)47-33-43-41-23-15-17-25-49(41)62(6,7)51(43)35-55(47)67)38-26-28-52-44(30-38)46-32-42-40-22-14-16-24-48(40)61(4,5)50(42)34-54(46)66(52)58-64-56(36-18-10-8-11-19-36)63-57(65-58)37-20-12-9-13-21-37/h8-35H,1-7H3. The molecule has 3 aromatic heterocycles. The van der Waals surface area contributed by atoms with Gasteiger partial charge in [0, 0.05) is 43.5 Å². The van der Waals surface area contributed by atoms with Gasteiger partial charge < -0.3 is 4.74 Å². The van der Waals surface area contributed by atoms with E-state index in [4.69, 9.17) is 19.7 Å². The van der Waals surface area contributed by atoms with E-state index in [1.807, 2.05) is 81.4 Å². The molecule has 2 aliphatic rings. The number of hydrogen-bond donors (Lipinski definition) is 0. The summed E-state index contributed by atoms with van der Waals surface area (Å²) < 4.78 is 10.1. The van der Waals surface area contributed by atoms with Crippen LogP contribution in [-0.2, 0) is 15.6 Å². The zero-order valence-corrected chi connectivity index (χ0v) is 39.7. The summed E-state index contributed by atoms with van der Waals surface area (Å²) in [5, 5.41) is 4.20. The maximum atomic E-state index is 14.3. The molecule has 13 rings (SSSR count). The van der Waals surface area contributed by atoms with Gasteiger partial charge in [-0.25, -0.2) is 14.3 Å². The van der Waals surface area contributed by atoms with E-state index in [0.717, 1.165) is 65.9 Å². The Kier molecular flexibility index (Phi) is 8.58. The van der Waals surface area contributed by atoms with Gasteiger partial charge in [-0.15, -0.1) is 0 Å². The van der Waals surface area contributed by atoms with Crippen molar-refractivity contribution >= 4 is 49.7 Å². The highest BCUT2D eigenvalue weighted by Gasteiger charge is 2.38. The summed E-state index contributed by atoms with van der Waals surface area (Å²) in [4.78, 5) is 29.9. The topological polar surface area (TPSA) is 74.8 Å². The van der Waals surface area contributed by atoms with Gasteiger partial charge in [-0.1, -0.05) is 149 Å². The highest BCUT2D eigenvalue weighted by Crippen LogP contribution is 2.53. The van der Waals surface area contributed by atoms with Crippen LogP contribution in [0.4, 0.5) is 4.79 Å². The van der Waals surface area contributed by atoms with Gasteiger partial charge in [-0.2, -0.15) is 9.97 Å². The number of nitrogens with zero attached hydrogens (tertiary/aromatic N) is 5. The second kappa shape index (κ2) is 14.4. The second-order valence-corrected chi connectivity index (χ2v) is 20.8. The fourth-order valence-electron chi connectivity index (χ4n) is 11.4. The minimum absolute atomic E-state index is 0.220. The largest absolute Gasteiger partial charge is 0.443 e. The zero-order chi connectivity index (χ0) is 47.1. The smallest absolute Gasteiger partial charge is 0.419 e. The number of aromatic nitrogens is 5. The molecule has 0 N–H and O–H groups in total. The van der Waals surface area contributed by atoms with Crippen LogP contribution in [0.3, 0.4) is 0 Å². The van der Waals surface area contributed by atoms with Crippen LogP contribution >= 0.6 is 0 Å². The van der Waals surface area contributed by atoms with E-state index in [2.05, 4.69) is 141 Å². The second-order valence-electron chi connectivity index (χ2n) is 20.8. The van der Waals surface area contributed by atoms with Crippen LogP contribution in [0.25, 0.3) is 106 Å². The van der Waals surface area contributed by atoms with Crippen molar-refractivity contribution in [2.75, 3.05) is 0 Å². The molecule has 0 unspecified atom stereocenters. The molecule has 0 amide bonds. The number of carbonyl (C=O) groups excluding carboxylic acids is 1. The van der Waals surface area contributed by atoms with E-state index < -0.39 is 5.60 Å². The molecule has 0 spiro atoms. The SMILES string of the molecule is CC(C)(C)OC(=O)n1c2ccc(-c3ccc4c(c3)c3cc5c(cc3n4-c3nc(-c4ccccc4)nc(-c4ccccc4)n3)C(C)(C)c3ccccc3-5)cc2c2cc3c(cc21)C(C)(C)c1ccccc1-3. The number of benzene rings is 8. The number of fused-ring (bicyclic) bond motifs is 12. The molecule has 334 valence electrons. The Balaban J connectivity index is 1.06. The minimum Gasteiger partial charge on any atom is -0.443 e. The van der Waals surface area contributed by atoms with Gasteiger partial charge in [-0.05, 0) is 125 Å². The van der Waals surface area contributed by atoms with Crippen LogP contribution in [0, 0.1) is 0 Å². The van der Waals surface area contributed by atoms with Gasteiger partial charge in [0.25, 0.3) is 0 Å². The molecule has 0 aliphatic heterocycles. The summed E-state index contributed by atoms with van der Waals surface area (Å²) in [6.45, 7) is 14.9. The molecule has 7 nitrogen and oxygen atoms in total. The number of carbonyl (C=O) groups is 1. The van der Waals surface area contributed by atoms with E-state index in [-0.39, 0.29) is 16.9 Å². The van der Waals surface area contributed by atoms with E-state index in [0.29, 0.717) is 17.6 Å². The lowest BCUT2D eigenvalue weighted by molar-refractivity contribution is 0.0551. The first-order valence-electron chi connectivity index (χ1n) is 23.8. The lowest BCUT2D eigenvalue weighted by atomic mass is 9.82. The summed E-state index contributed by atoms with van der Waals surface area (Å²) in [6.07, 6.45) is -0.390. The predicted octanol–water partition coefficient (Wildman–Crippen LogP) is 15.5. The van der Waals surface area contributed by atoms with Crippen LogP contribution in [-0.4, -0.2) is 35.8 Å². The third-order valence-electron chi connectivity index (χ3n) is 14.7. The summed E-state index contributed by atoms with van der Waals surface area (Å²) >= 11 is 0. The van der Waals surface area contributed by atoms with Gasteiger partial charge >= 0.3 is 6.09 Å². The third kappa shape index (κ3) is 6.12. The van der Waals surface area contributed by atoms with E-state index >= 15 is 0 Å². The van der Waals surface area contributed by atoms with Gasteiger partial charge in [0.2, 0.25) is 5.95 Å². The van der Waals surface area contributed by atoms with Crippen molar-refractivity contribution in [2.24, 2.45) is 0 Å². The normalized spacial score (nSPS) is 14.3. The van der Waals surface area contributed by atoms with E-state index in [9.17, 15) is 4.79 Å².